The molecule has 0 fully saturated rings. The molecule has 0 aliphatic heterocycles. The van der Waals surface area contributed by atoms with Gasteiger partial charge in [-0.05, 0) is 52.6 Å². The summed E-state index contributed by atoms with van der Waals surface area (Å²) in [6, 6.07) is 28.1. The summed E-state index contributed by atoms with van der Waals surface area (Å²) in [6.07, 6.45) is 0. The van der Waals surface area contributed by atoms with Crippen LogP contribution in [0.5, 0.6) is 0 Å². The molecule has 0 saturated carbocycles. The van der Waals surface area contributed by atoms with E-state index in [-0.39, 0.29) is 5.41 Å². The van der Waals surface area contributed by atoms with Crippen LogP contribution < -0.4 is 0 Å². The fourth-order valence-electron chi connectivity index (χ4n) is 6.57. The fourth-order valence-corrected chi connectivity index (χ4v) is 6.57. The standard InChI is InChI=1S/C29H19N5/c1-29(2)18-10-4-3-9-16(18)17-15-23-25-26(24(17)29)33-22-14-8-6-12-20(22)31-28(33)34(25)27-30-19-11-5-7-13-21(19)32(23)27/h3-15H,1-2H3. The first-order valence-corrected chi connectivity index (χ1v) is 11.7. The van der Waals surface area contributed by atoms with E-state index in [0.717, 1.165) is 33.6 Å². The summed E-state index contributed by atoms with van der Waals surface area (Å²) in [6.45, 7) is 4.70. The molecule has 0 atom stereocenters. The number of nitrogens with zero attached hydrogens (tertiary/aromatic N) is 5. The number of hydrogen-bond acceptors (Lipinski definition) is 2. The summed E-state index contributed by atoms with van der Waals surface area (Å²) < 4.78 is 6.94. The largest absolute Gasteiger partial charge is 0.276 e. The highest BCUT2D eigenvalue weighted by Gasteiger charge is 2.40. The van der Waals surface area contributed by atoms with Crippen molar-refractivity contribution in [3.8, 4) is 11.1 Å². The van der Waals surface area contributed by atoms with Gasteiger partial charge in [-0.1, -0.05) is 62.4 Å². The molecule has 4 aromatic carbocycles. The van der Waals surface area contributed by atoms with Crippen LogP contribution in [-0.2, 0) is 5.41 Å². The average Bonchev–Trinajstić information content (AvgIpc) is 3.60. The highest BCUT2D eigenvalue weighted by molar-refractivity contribution is 6.10. The molecule has 0 N–H and O–H groups in total. The summed E-state index contributed by atoms with van der Waals surface area (Å²) in [5.74, 6) is 1.84. The van der Waals surface area contributed by atoms with Crippen molar-refractivity contribution in [3.63, 3.8) is 0 Å². The van der Waals surface area contributed by atoms with Gasteiger partial charge in [-0.3, -0.25) is 8.80 Å². The Morgan fingerprint density at radius 3 is 1.97 bits per heavy atom. The Morgan fingerprint density at radius 1 is 0.588 bits per heavy atom. The molecule has 0 unspecified atom stereocenters. The molecule has 0 spiro atoms. The second-order valence-electron chi connectivity index (χ2n) is 9.99. The Kier molecular flexibility index (Phi) is 2.64. The molecule has 4 heterocycles. The lowest BCUT2D eigenvalue weighted by Gasteiger charge is -2.22. The zero-order valence-electron chi connectivity index (χ0n) is 18.7. The van der Waals surface area contributed by atoms with Gasteiger partial charge in [0, 0.05) is 5.41 Å². The van der Waals surface area contributed by atoms with Crippen LogP contribution in [0.4, 0.5) is 0 Å². The summed E-state index contributed by atoms with van der Waals surface area (Å²) in [5.41, 5.74) is 13.1. The monoisotopic (exact) mass is 437 g/mol. The molecule has 160 valence electrons. The number of aromatic nitrogens is 5. The number of fused-ring (bicyclic) bond motifs is 14. The van der Waals surface area contributed by atoms with Gasteiger partial charge in [0.2, 0.25) is 11.6 Å². The van der Waals surface area contributed by atoms with Gasteiger partial charge >= 0.3 is 0 Å². The molecule has 4 aromatic heterocycles. The quantitative estimate of drug-likeness (QED) is 0.274. The van der Waals surface area contributed by atoms with Crippen molar-refractivity contribution in [1.82, 2.24) is 23.2 Å². The molecule has 5 nitrogen and oxygen atoms in total. The van der Waals surface area contributed by atoms with Gasteiger partial charge < -0.3 is 0 Å². The minimum absolute atomic E-state index is 0.123. The van der Waals surface area contributed by atoms with Crippen LogP contribution in [0.3, 0.4) is 0 Å². The average molecular weight is 438 g/mol. The highest BCUT2D eigenvalue weighted by Crippen LogP contribution is 2.53. The van der Waals surface area contributed by atoms with Crippen molar-refractivity contribution in [2.45, 2.75) is 19.3 Å². The van der Waals surface area contributed by atoms with Crippen LogP contribution >= 0.6 is 0 Å². The SMILES string of the molecule is CC1(C)c2ccccc2-c2cc3c4c(c21)n1c2ccccc2nc1n4c1nc2ccccc2n31. The molecular weight excluding hydrogens is 418 g/mol. The van der Waals surface area contributed by atoms with Gasteiger partial charge in [-0.2, -0.15) is 0 Å². The van der Waals surface area contributed by atoms with E-state index in [1.165, 1.54) is 38.8 Å². The molecule has 1 aliphatic rings. The molecule has 9 rings (SSSR count). The lowest BCUT2D eigenvalue weighted by molar-refractivity contribution is 0.664. The topological polar surface area (TPSA) is 39.0 Å². The highest BCUT2D eigenvalue weighted by atomic mass is 15.3. The third-order valence-electron chi connectivity index (χ3n) is 7.94. The van der Waals surface area contributed by atoms with Gasteiger partial charge in [0.1, 0.15) is 5.52 Å². The zero-order chi connectivity index (χ0) is 22.3. The Morgan fingerprint density at radius 2 is 1.21 bits per heavy atom. The van der Waals surface area contributed by atoms with E-state index in [1.54, 1.807) is 0 Å². The fraction of sp³-hybridized carbons (Fsp3) is 0.103. The summed E-state index contributed by atoms with van der Waals surface area (Å²) >= 11 is 0. The second-order valence-corrected chi connectivity index (χ2v) is 9.99. The molecule has 8 aromatic rings. The van der Waals surface area contributed by atoms with Gasteiger partial charge in [0.05, 0.1) is 33.1 Å². The lowest BCUT2D eigenvalue weighted by atomic mass is 9.82. The normalized spacial score (nSPS) is 15.0. The Hall–Kier alpha value is -4.38. The van der Waals surface area contributed by atoms with E-state index in [9.17, 15) is 0 Å². The van der Waals surface area contributed by atoms with Crippen LogP contribution in [0.2, 0.25) is 0 Å². The maximum Gasteiger partial charge on any atom is 0.223 e. The Bertz CT molecular complexity index is 2150. The summed E-state index contributed by atoms with van der Waals surface area (Å²) in [5, 5.41) is 0. The van der Waals surface area contributed by atoms with Gasteiger partial charge in [0.15, 0.2) is 0 Å². The molecule has 34 heavy (non-hydrogen) atoms. The predicted octanol–water partition coefficient (Wildman–Crippen LogP) is 6.44. The van der Waals surface area contributed by atoms with Crippen molar-refractivity contribution in [3.05, 3.63) is 90.0 Å². The molecule has 0 bridgehead atoms. The third kappa shape index (κ3) is 1.66. The van der Waals surface area contributed by atoms with Crippen molar-refractivity contribution in [1.29, 1.82) is 0 Å². The molecule has 0 amide bonds. The van der Waals surface area contributed by atoms with Crippen molar-refractivity contribution >= 4 is 50.2 Å². The Labute approximate surface area is 193 Å². The van der Waals surface area contributed by atoms with E-state index in [0.29, 0.717) is 0 Å². The summed E-state index contributed by atoms with van der Waals surface area (Å²) in [4.78, 5) is 10.2. The van der Waals surface area contributed by atoms with E-state index >= 15 is 0 Å². The van der Waals surface area contributed by atoms with Gasteiger partial charge in [0.25, 0.3) is 0 Å². The number of para-hydroxylation sites is 4. The maximum absolute atomic E-state index is 5.12. The van der Waals surface area contributed by atoms with E-state index in [2.05, 4.69) is 106 Å². The zero-order valence-corrected chi connectivity index (χ0v) is 18.7. The van der Waals surface area contributed by atoms with Crippen molar-refractivity contribution in [2.24, 2.45) is 0 Å². The molecule has 0 radical (unpaired) electrons. The first kappa shape index (κ1) is 17.1. The Balaban J connectivity index is 1.67. The van der Waals surface area contributed by atoms with Gasteiger partial charge in [-0.25, -0.2) is 14.4 Å². The molecule has 1 aliphatic carbocycles. The molecule has 0 saturated heterocycles. The molecule has 5 heteroatoms. The smallest absolute Gasteiger partial charge is 0.223 e. The van der Waals surface area contributed by atoms with Crippen molar-refractivity contribution < 1.29 is 0 Å². The first-order valence-electron chi connectivity index (χ1n) is 11.7. The van der Waals surface area contributed by atoms with Crippen LogP contribution in [-0.4, -0.2) is 23.2 Å². The summed E-state index contributed by atoms with van der Waals surface area (Å²) in [7, 11) is 0. The number of rotatable bonds is 0. The van der Waals surface area contributed by atoms with E-state index in [4.69, 9.17) is 9.97 Å². The number of benzene rings is 4. The number of hydrogen-bond donors (Lipinski definition) is 0. The van der Waals surface area contributed by atoms with Crippen molar-refractivity contribution in [2.75, 3.05) is 0 Å². The third-order valence-corrected chi connectivity index (χ3v) is 7.94. The van der Waals surface area contributed by atoms with Crippen LogP contribution in [0.25, 0.3) is 61.3 Å². The molecular formula is C29H19N5. The minimum Gasteiger partial charge on any atom is -0.276 e. The van der Waals surface area contributed by atoms with Crippen LogP contribution in [0.15, 0.2) is 78.9 Å². The van der Waals surface area contributed by atoms with E-state index < -0.39 is 0 Å². The van der Waals surface area contributed by atoms with Crippen LogP contribution in [0, 0.1) is 0 Å². The van der Waals surface area contributed by atoms with Gasteiger partial charge in [-0.15, -0.1) is 0 Å². The second kappa shape index (κ2) is 5.23. The van der Waals surface area contributed by atoms with E-state index in [1.807, 2.05) is 0 Å². The first-order chi connectivity index (χ1) is 16.6. The lowest BCUT2D eigenvalue weighted by Crippen LogP contribution is -2.16. The maximum atomic E-state index is 5.12. The minimum atomic E-state index is -0.123. The number of imidazole rings is 4. The van der Waals surface area contributed by atoms with Crippen LogP contribution in [0.1, 0.15) is 25.0 Å². The predicted molar refractivity (Wildman–Crippen MR) is 136 cm³/mol.